The summed E-state index contributed by atoms with van der Waals surface area (Å²) < 4.78 is 10.2. The number of hydrogen-bond acceptors (Lipinski definition) is 5. The second kappa shape index (κ2) is 13.5. The lowest BCUT2D eigenvalue weighted by atomic mass is 10.1. The van der Waals surface area contributed by atoms with Gasteiger partial charge in [0, 0.05) is 6.42 Å². The normalized spacial score (nSPS) is 12.4. The summed E-state index contributed by atoms with van der Waals surface area (Å²) in [6.07, 6.45) is 6.89. The zero-order valence-electron chi connectivity index (χ0n) is 17.9. The van der Waals surface area contributed by atoms with Crippen molar-refractivity contribution in [1.29, 1.82) is 0 Å². The van der Waals surface area contributed by atoms with E-state index >= 15 is 0 Å². The van der Waals surface area contributed by atoms with Crippen LogP contribution in [0.25, 0.3) is 0 Å². The van der Waals surface area contributed by atoms with Crippen molar-refractivity contribution < 1.29 is 23.9 Å². The number of primary amides is 1. The van der Waals surface area contributed by atoms with Gasteiger partial charge in [-0.25, -0.2) is 4.79 Å². The van der Waals surface area contributed by atoms with Gasteiger partial charge in [-0.05, 0) is 60.5 Å². The molecule has 0 saturated heterocycles. The van der Waals surface area contributed by atoms with Gasteiger partial charge in [-0.3, -0.25) is 9.59 Å². The molecule has 0 radical (unpaired) electrons. The fraction of sp³-hybridized carbons (Fsp3) is 0.789. The highest BCUT2D eigenvalue weighted by Crippen LogP contribution is 2.11. The number of hydrogen-bond donors (Lipinski definition) is 2. The first-order valence-electron chi connectivity index (χ1n) is 9.15. The Labute approximate surface area is 165 Å². The first-order valence-corrected chi connectivity index (χ1v) is 10.4. The molecule has 27 heavy (non-hydrogen) atoms. The van der Waals surface area contributed by atoms with E-state index < -0.39 is 35.2 Å². The fourth-order valence-corrected chi connectivity index (χ4v) is 2.20. The highest BCUT2D eigenvalue weighted by molar-refractivity contribution is 7.36. The molecule has 0 heterocycles. The third kappa shape index (κ3) is 20.5. The molecule has 0 aromatic rings. The third-order valence-electron chi connectivity index (χ3n) is 2.76. The number of nitrogens with one attached hydrogen (secondary N) is 1. The molecule has 0 aromatic carbocycles. The maximum atomic E-state index is 11.6. The van der Waals surface area contributed by atoms with Gasteiger partial charge in [0.2, 0.25) is 5.91 Å². The largest absolute Gasteiger partial charge is 0.460 e. The summed E-state index contributed by atoms with van der Waals surface area (Å²) in [5.41, 5.74) is 3.92. The summed E-state index contributed by atoms with van der Waals surface area (Å²) in [5, 5.41) is 2.35. The minimum absolute atomic E-state index is 0.0271. The lowest BCUT2D eigenvalue weighted by molar-refractivity contribution is -0.155. The second-order valence-electron chi connectivity index (χ2n) is 8.03. The van der Waals surface area contributed by atoms with Gasteiger partial charge in [-0.2, -0.15) is 0 Å². The topological polar surface area (TPSA) is 108 Å². The van der Waals surface area contributed by atoms with Crippen molar-refractivity contribution in [3.8, 4) is 0 Å². The Balaban J connectivity index is 0. The van der Waals surface area contributed by atoms with E-state index in [-0.39, 0.29) is 12.8 Å². The van der Waals surface area contributed by atoms with E-state index in [1.54, 1.807) is 41.5 Å². The number of nitrogens with two attached hydrogens (primary N) is 1. The summed E-state index contributed by atoms with van der Waals surface area (Å²) in [7, 11) is 1.30. The van der Waals surface area contributed by atoms with Gasteiger partial charge in [0.15, 0.2) is 0 Å². The van der Waals surface area contributed by atoms with Crippen LogP contribution in [-0.4, -0.2) is 47.7 Å². The molecule has 1 atom stereocenters. The van der Waals surface area contributed by atoms with E-state index in [9.17, 15) is 14.4 Å². The van der Waals surface area contributed by atoms with Crippen LogP contribution >= 0.6 is 8.20 Å². The molecule has 158 valence electrons. The molecule has 0 aliphatic rings. The number of unbranched alkanes of at least 4 members (excludes halogenated alkanes) is 1. The van der Waals surface area contributed by atoms with Crippen molar-refractivity contribution in [3.63, 3.8) is 0 Å². The van der Waals surface area contributed by atoms with Crippen molar-refractivity contribution in [1.82, 2.24) is 5.32 Å². The Morgan fingerprint density at radius 2 is 1.59 bits per heavy atom. The Morgan fingerprint density at radius 1 is 1.07 bits per heavy atom. The first kappa shape index (κ1) is 27.6. The molecule has 0 fully saturated rings. The molecule has 0 bridgehead atoms. The zero-order chi connectivity index (χ0) is 21.7. The van der Waals surface area contributed by atoms with E-state index in [2.05, 4.69) is 18.5 Å². The number of rotatable bonds is 8. The van der Waals surface area contributed by atoms with Gasteiger partial charge in [-0.15, -0.1) is 8.20 Å². The monoisotopic (exact) mass is 404 g/mol. The minimum atomic E-state index is -0.979. The highest BCUT2D eigenvalue weighted by Gasteiger charge is 2.24. The van der Waals surface area contributed by atoms with Gasteiger partial charge in [0.1, 0.15) is 17.2 Å². The molecule has 0 rings (SSSR count). The molecule has 2 amide bonds. The number of amides is 2. The van der Waals surface area contributed by atoms with Crippen LogP contribution in [0.15, 0.2) is 0 Å². The maximum Gasteiger partial charge on any atom is 0.408 e. The van der Waals surface area contributed by atoms with Crippen LogP contribution in [0.5, 0.6) is 0 Å². The van der Waals surface area contributed by atoms with Crippen molar-refractivity contribution in [2.75, 3.05) is 6.16 Å². The second-order valence-corrected chi connectivity index (χ2v) is 8.92. The first-order chi connectivity index (χ1) is 12.2. The van der Waals surface area contributed by atoms with Crippen LogP contribution in [0.1, 0.15) is 74.1 Å². The van der Waals surface area contributed by atoms with E-state index in [0.717, 1.165) is 0 Å². The minimum Gasteiger partial charge on any atom is -0.460 e. The Hall–Kier alpha value is -1.62. The number of alkyl carbamates (subject to hydrolysis) is 1. The highest BCUT2D eigenvalue weighted by atomic mass is 31.1. The Morgan fingerprint density at radius 3 is 1.93 bits per heavy atom. The molecule has 0 unspecified atom stereocenters. The summed E-state index contributed by atoms with van der Waals surface area (Å²) in [6, 6.07) is -0.979. The predicted octanol–water partition coefficient (Wildman–Crippen LogP) is 3.65. The molecular weight excluding hydrogens is 367 g/mol. The summed E-state index contributed by atoms with van der Waals surface area (Å²) in [6.45, 7) is 12.5. The smallest absolute Gasteiger partial charge is 0.408 e. The van der Waals surface area contributed by atoms with E-state index in [0.29, 0.717) is 0 Å². The number of carbonyl (C=O) groups excluding carboxylic acids is 3. The fourth-order valence-electron chi connectivity index (χ4n) is 1.66. The summed E-state index contributed by atoms with van der Waals surface area (Å²) in [5.74, 6) is -1.19. The Kier molecular flexibility index (Phi) is 13.8. The quantitative estimate of drug-likeness (QED) is 0.365. The van der Waals surface area contributed by atoms with Gasteiger partial charge in [0.05, 0.1) is 0 Å². The van der Waals surface area contributed by atoms with E-state index in [1.165, 1.54) is 27.2 Å². The summed E-state index contributed by atoms with van der Waals surface area (Å²) in [4.78, 5) is 34.5. The van der Waals surface area contributed by atoms with Gasteiger partial charge < -0.3 is 20.5 Å². The van der Waals surface area contributed by atoms with E-state index in [4.69, 9.17) is 15.2 Å². The van der Waals surface area contributed by atoms with Crippen LogP contribution in [0.4, 0.5) is 4.79 Å². The number of ether oxygens (including phenoxy) is 2. The van der Waals surface area contributed by atoms with Crippen LogP contribution in [0, 0.1) is 0 Å². The van der Waals surface area contributed by atoms with Gasteiger partial charge in [0.25, 0.3) is 0 Å². The predicted molar refractivity (Wildman–Crippen MR) is 111 cm³/mol. The van der Waals surface area contributed by atoms with Crippen LogP contribution in [-0.2, 0) is 19.1 Å². The molecule has 0 aliphatic carbocycles. The van der Waals surface area contributed by atoms with Crippen molar-refractivity contribution >= 4 is 32.5 Å². The molecule has 0 aromatic heterocycles. The Bertz CT molecular complexity index is 481. The number of carbonyl (C=O) groups is 3. The zero-order valence-corrected chi connectivity index (χ0v) is 18.8. The lowest BCUT2D eigenvalue weighted by Gasteiger charge is -2.23. The molecule has 3 N–H and O–H groups in total. The molecule has 0 aliphatic heterocycles. The molecule has 0 saturated carbocycles. The standard InChI is InChI=1S/C14H26N2O5.C5H11P/c1-13(2,3)20-10(17)8-7-9(11(15)18)16-12(19)21-14(4,5)6;1-3-4-5-6-2/h9H,7-8H2,1-6H3,(H2,15,18)(H,16,19);2-5H2,1H3/t9-;/m0./s1. The molecule has 0 spiro atoms. The van der Waals surface area contributed by atoms with Crippen LogP contribution in [0.2, 0.25) is 0 Å². The average Bonchev–Trinajstić information content (AvgIpc) is 2.46. The lowest BCUT2D eigenvalue weighted by Crippen LogP contribution is -2.46. The number of esters is 1. The molecule has 7 nitrogen and oxygen atoms in total. The summed E-state index contributed by atoms with van der Waals surface area (Å²) >= 11 is 0. The van der Waals surface area contributed by atoms with E-state index in [1.807, 2.05) is 0 Å². The van der Waals surface area contributed by atoms with Crippen molar-refractivity contribution in [2.45, 2.75) is 91.4 Å². The third-order valence-corrected chi connectivity index (χ3v) is 3.39. The molecule has 8 heteroatoms. The van der Waals surface area contributed by atoms with Crippen molar-refractivity contribution in [3.05, 3.63) is 0 Å². The van der Waals surface area contributed by atoms with Gasteiger partial charge in [-0.1, -0.05) is 19.6 Å². The molecular formula is C19H37N2O5P. The van der Waals surface area contributed by atoms with Crippen molar-refractivity contribution in [2.24, 2.45) is 5.73 Å². The maximum absolute atomic E-state index is 11.6. The van der Waals surface area contributed by atoms with Crippen LogP contribution < -0.4 is 11.1 Å². The van der Waals surface area contributed by atoms with Gasteiger partial charge >= 0.3 is 12.1 Å². The van der Waals surface area contributed by atoms with Crippen LogP contribution in [0.3, 0.4) is 0 Å². The SMILES string of the molecule is C=PCCCC.CC(C)(C)OC(=O)CC[C@H](NC(=O)OC(C)(C)C)C(N)=O. The average molecular weight is 404 g/mol.